The van der Waals surface area contributed by atoms with Crippen LogP contribution in [0.4, 0.5) is 0 Å². The van der Waals surface area contributed by atoms with Crippen molar-refractivity contribution >= 4 is 21.8 Å². The molecule has 0 saturated carbocycles. The summed E-state index contributed by atoms with van der Waals surface area (Å²) in [4.78, 5) is 16.6. The summed E-state index contributed by atoms with van der Waals surface area (Å²) < 4.78 is 0.850. The Labute approximate surface area is 119 Å². The minimum Gasteiger partial charge on any atom is -0.356 e. The maximum absolute atomic E-state index is 12.1. The predicted octanol–water partition coefficient (Wildman–Crippen LogP) is 2.92. The number of rotatable bonds is 3. The third-order valence-corrected chi connectivity index (χ3v) is 3.19. The summed E-state index contributed by atoms with van der Waals surface area (Å²) in [5.41, 5.74) is 2.15. The number of nitriles is 1. The largest absolute Gasteiger partial charge is 0.356 e. The van der Waals surface area contributed by atoms with Gasteiger partial charge in [-0.25, -0.2) is 0 Å². The standard InChI is InChI=1S/C14H12BrN3O/c1-18(14(19)13-6-12(15)8-17-13)9-11-4-2-10(7-16)3-5-11/h2-6,8,17H,9H2,1H3. The Morgan fingerprint density at radius 3 is 2.63 bits per heavy atom. The van der Waals surface area contributed by atoms with E-state index in [-0.39, 0.29) is 5.91 Å². The lowest BCUT2D eigenvalue weighted by Crippen LogP contribution is -2.26. The van der Waals surface area contributed by atoms with E-state index in [1.807, 2.05) is 12.1 Å². The van der Waals surface area contributed by atoms with E-state index in [4.69, 9.17) is 5.26 Å². The van der Waals surface area contributed by atoms with Gasteiger partial charge in [-0.05, 0) is 39.7 Å². The molecule has 2 rings (SSSR count). The average molecular weight is 318 g/mol. The van der Waals surface area contributed by atoms with E-state index < -0.39 is 0 Å². The van der Waals surface area contributed by atoms with Gasteiger partial charge in [-0.1, -0.05) is 12.1 Å². The van der Waals surface area contributed by atoms with Crippen LogP contribution in [0.5, 0.6) is 0 Å². The molecule has 0 radical (unpaired) electrons. The van der Waals surface area contributed by atoms with Gasteiger partial charge < -0.3 is 9.88 Å². The van der Waals surface area contributed by atoms with Crippen molar-refractivity contribution in [2.75, 3.05) is 7.05 Å². The van der Waals surface area contributed by atoms with Crippen molar-refractivity contribution in [3.63, 3.8) is 0 Å². The first-order valence-corrected chi connectivity index (χ1v) is 6.48. The summed E-state index contributed by atoms with van der Waals surface area (Å²) in [6, 6.07) is 11.0. The highest BCUT2D eigenvalue weighted by Gasteiger charge is 2.13. The maximum Gasteiger partial charge on any atom is 0.270 e. The Balaban J connectivity index is 2.06. The molecule has 5 heteroatoms. The van der Waals surface area contributed by atoms with Gasteiger partial charge in [-0.3, -0.25) is 4.79 Å². The number of H-pyrrole nitrogens is 1. The minimum absolute atomic E-state index is 0.0740. The number of hydrogen-bond donors (Lipinski definition) is 1. The third-order valence-electron chi connectivity index (χ3n) is 2.73. The van der Waals surface area contributed by atoms with Gasteiger partial charge in [-0.15, -0.1) is 0 Å². The van der Waals surface area contributed by atoms with Crippen LogP contribution in [0.25, 0.3) is 0 Å². The van der Waals surface area contributed by atoms with Gasteiger partial charge in [0.2, 0.25) is 0 Å². The van der Waals surface area contributed by atoms with Crippen LogP contribution in [0.1, 0.15) is 21.6 Å². The Hall–Kier alpha value is -2.06. The highest BCUT2D eigenvalue weighted by atomic mass is 79.9. The van der Waals surface area contributed by atoms with E-state index in [9.17, 15) is 4.79 Å². The van der Waals surface area contributed by atoms with Crippen LogP contribution in [0.3, 0.4) is 0 Å². The third kappa shape index (κ3) is 3.24. The number of aromatic nitrogens is 1. The fraction of sp³-hybridized carbons (Fsp3) is 0.143. The number of nitrogens with zero attached hydrogens (tertiary/aromatic N) is 2. The molecule has 0 aliphatic rings. The smallest absolute Gasteiger partial charge is 0.270 e. The fourth-order valence-electron chi connectivity index (χ4n) is 1.73. The quantitative estimate of drug-likeness (QED) is 0.946. The zero-order chi connectivity index (χ0) is 13.8. The summed E-state index contributed by atoms with van der Waals surface area (Å²) in [6.45, 7) is 0.501. The number of halogens is 1. The number of benzene rings is 1. The van der Waals surface area contributed by atoms with Gasteiger partial charge >= 0.3 is 0 Å². The number of hydrogen-bond acceptors (Lipinski definition) is 2. The van der Waals surface area contributed by atoms with E-state index in [0.717, 1.165) is 10.0 Å². The van der Waals surface area contributed by atoms with Crippen LogP contribution in [0.15, 0.2) is 41.0 Å². The number of nitrogens with one attached hydrogen (secondary N) is 1. The first-order chi connectivity index (χ1) is 9.10. The number of amides is 1. The summed E-state index contributed by atoms with van der Waals surface area (Å²) in [5, 5.41) is 8.73. The van der Waals surface area contributed by atoms with Crippen molar-refractivity contribution in [2.24, 2.45) is 0 Å². The van der Waals surface area contributed by atoms with Crippen molar-refractivity contribution in [2.45, 2.75) is 6.54 Å². The Kier molecular flexibility index (Phi) is 4.03. The minimum atomic E-state index is -0.0740. The van der Waals surface area contributed by atoms with E-state index >= 15 is 0 Å². The van der Waals surface area contributed by atoms with Crippen LogP contribution in [0.2, 0.25) is 0 Å². The summed E-state index contributed by atoms with van der Waals surface area (Å²) in [6.07, 6.45) is 1.72. The van der Waals surface area contributed by atoms with E-state index in [2.05, 4.69) is 27.0 Å². The van der Waals surface area contributed by atoms with Gasteiger partial charge in [0, 0.05) is 24.3 Å². The highest BCUT2D eigenvalue weighted by Crippen LogP contribution is 2.13. The van der Waals surface area contributed by atoms with Gasteiger partial charge in [0.25, 0.3) is 5.91 Å². The fourth-order valence-corrected chi connectivity index (χ4v) is 2.07. The second-order valence-electron chi connectivity index (χ2n) is 4.20. The first kappa shape index (κ1) is 13.4. The molecule has 0 fully saturated rings. The SMILES string of the molecule is CN(Cc1ccc(C#N)cc1)C(=O)c1cc(Br)c[nH]1. The normalized spacial score (nSPS) is 9.95. The van der Waals surface area contributed by atoms with Gasteiger partial charge in [-0.2, -0.15) is 5.26 Å². The summed E-state index contributed by atoms with van der Waals surface area (Å²) in [5.74, 6) is -0.0740. The Morgan fingerprint density at radius 2 is 2.11 bits per heavy atom. The topological polar surface area (TPSA) is 59.9 Å². The molecule has 0 aliphatic carbocycles. The molecule has 2 aromatic rings. The number of carbonyl (C=O) groups excluding carboxylic acids is 1. The van der Waals surface area contributed by atoms with Crippen LogP contribution in [-0.2, 0) is 6.54 Å². The predicted molar refractivity (Wildman–Crippen MR) is 75.4 cm³/mol. The molecule has 1 heterocycles. The molecule has 1 aromatic heterocycles. The lowest BCUT2D eigenvalue weighted by atomic mass is 10.1. The van der Waals surface area contributed by atoms with E-state index in [1.165, 1.54) is 0 Å². The Bertz CT molecular complexity index is 625. The molecule has 0 unspecified atom stereocenters. The molecule has 19 heavy (non-hydrogen) atoms. The van der Waals surface area contributed by atoms with Crippen LogP contribution >= 0.6 is 15.9 Å². The number of carbonyl (C=O) groups is 1. The molecule has 96 valence electrons. The zero-order valence-corrected chi connectivity index (χ0v) is 11.9. The van der Waals surface area contributed by atoms with Crippen LogP contribution in [-0.4, -0.2) is 22.8 Å². The maximum atomic E-state index is 12.1. The molecule has 0 saturated heterocycles. The average Bonchev–Trinajstić information content (AvgIpc) is 2.85. The molecule has 1 N–H and O–H groups in total. The number of aromatic amines is 1. The van der Waals surface area contributed by atoms with E-state index in [0.29, 0.717) is 17.8 Å². The molecular weight excluding hydrogens is 306 g/mol. The molecule has 0 bridgehead atoms. The highest BCUT2D eigenvalue weighted by molar-refractivity contribution is 9.10. The van der Waals surface area contributed by atoms with E-state index in [1.54, 1.807) is 36.3 Å². The lowest BCUT2D eigenvalue weighted by Gasteiger charge is -2.16. The first-order valence-electron chi connectivity index (χ1n) is 5.68. The van der Waals surface area contributed by atoms with Crippen molar-refractivity contribution in [3.05, 3.63) is 57.8 Å². The van der Waals surface area contributed by atoms with Crippen LogP contribution in [0, 0.1) is 11.3 Å². The second-order valence-corrected chi connectivity index (χ2v) is 5.12. The molecule has 0 atom stereocenters. The lowest BCUT2D eigenvalue weighted by molar-refractivity contribution is 0.0780. The van der Waals surface area contributed by atoms with Gasteiger partial charge in [0.15, 0.2) is 0 Å². The molecule has 1 amide bonds. The van der Waals surface area contributed by atoms with Gasteiger partial charge in [0.05, 0.1) is 11.6 Å². The van der Waals surface area contributed by atoms with Crippen molar-refractivity contribution in [1.82, 2.24) is 9.88 Å². The molecule has 0 aliphatic heterocycles. The Morgan fingerprint density at radius 1 is 1.42 bits per heavy atom. The molecular formula is C14H12BrN3O. The molecule has 4 nitrogen and oxygen atoms in total. The van der Waals surface area contributed by atoms with Crippen molar-refractivity contribution in [1.29, 1.82) is 5.26 Å². The van der Waals surface area contributed by atoms with Crippen LogP contribution < -0.4 is 0 Å². The van der Waals surface area contributed by atoms with Gasteiger partial charge in [0.1, 0.15) is 5.69 Å². The second kappa shape index (κ2) is 5.72. The monoisotopic (exact) mass is 317 g/mol. The molecule has 0 spiro atoms. The van der Waals surface area contributed by atoms with Crippen molar-refractivity contribution in [3.8, 4) is 6.07 Å². The zero-order valence-electron chi connectivity index (χ0n) is 10.4. The summed E-state index contributed by atoms with van der Waals surface area (Å²) in [7, 11) is 1.75. The summed E-state index contributed by atoms with van der Waals surface area (Å²) >= 11 is 3.30. The molecule has 1 aromatic carbocycles. The van der Waals surface area contributed by atoms with Crippen molar-refractivity contribution < 1.29 is 4.79 Å².